The van der Waals surface area contributed by atoms with Gasteiger partial charge in [-0.25, -0.2) is 0 Å². The number of hydrogen-bond acceptors (Lipinski definition) is 2. The van der Waals surface area contributed by atoms with Gasteiger partial charge in [0.05, 0.1) is 0 Å². The number of para-hydroxylation sites is 1. The summed E-state index contributed by atoms with van der Waals surface area (Å²) < 4.78 is 0. The van der Waals surface area contributed by atoms with E-state index in [1.807, 2.05) is 38.2 Å². The second-order valence-electron chi connectivity index (χ2n) is 2.23. The molecule has 0 heterocycles. The Bertz CT molecular complexity index is 175. The number of quaternary nitrogens is 1. The molecular formula is C8H14N2O. The quantitative estimate of drug-likeness (QED) is 0.598. The summed E-state index contributed by atoms with van der Waals surface area (Å²) in [7, 11) is 4.07. The van der Waals surface area contributed by atoms with Crippen molar-refractivity contribution in [3.8, 4) is 0 Å². The van der Waals surface area contributed by atoms with Crippen molar-refractivity contribution >= 4 is 5.69 Å². The fourth-order valence-corrected chi connectivity index (χ4v) is 0.726. The zero-order chi connectivity index (χ0) is 8.69. The van der Waals surface area contributed by atoms with Crippen LogP contribution in [0.4, 0.5) is 5.69 Å². The second-order valence-corrected chi connectivity index (χ2v) is 2.23. The molecule has 62 valence electrons. The van der Waals surface area contributed by atoms with Gasteiger partial charge >= 0.3 is 0 Å². The molecule has 0 aromatic heterocycles. The third kappa shape index (κ3) is 3.60. The Labute approximate surface area is 67.0 Å². The Balaban J connectivity index is 0.000000461. The molecule has 3 heteroatoms. The summed E-state index contributed by atoms with van der Waals surface area (Å²) in [5.74, 6) is 2.00. The molecular weight excluding hydrogens is 140 g/mol. The summed E-state index contributed by atoms with van der Waals surface area (Å²) in [5, 5.41) is 8.00. The van der Waals surface area contributed by atoms with Crippen molar-refractivity contribution in [3.63, 3.8) is 0 Å². The monoisotopic (exact) mass is 154 g/mol. The Morgan fingerprint density at radius 3 is 1.82 bits per heavy atom. The van der Waals surface area contributed by atoms with Gasteiger partial charge in [0.2, 0.25) is 0 Å². The lowest BCUT2D eigenvalue weighted by Gasteiger charge is -2.10. The van der Waals surface area contributed by atoms with E-state index in [0.717, 1.165) is 0 Å². The molecule has 0 bridgehead atoms. The molecule has 0 unspecified atom stereocenters. The van der Waals surface area contributed by atoms with Gasteiger partial charge < -0.3 is 16.0 Å². The second kappa shape index (κ2) is 5.70. The van der Waals surface area contributed by atoms with E-state index in [4.69, 9.17) is 5.21 Å². The van der Waals surface area contributed by atoms with Gasteiger partial charge in [-0.3, -0.25) is 0 Å². The average Bonchev–Trinajstić information content (AvgIpc) is 2.10. The molecule has 0 fully saturated rings. The molecule has 0 aliphatic rings. The minimum atomic E-state index is 1.25. The van der Waals surface area contributed by atoms with Gasteiger partial charge in [0.25, 0.3) is 0 Å². The molecule has 1 aromatic carbocycles. The van der Waals surface area contributed by atoms with E-state index in [-0.39, 0.29) is 0 Å². The third-order valence-corrected chi connectivity index (χ3v) is 1.27. The van der Waals surface area contributed by atoms with Crippen LogP contribution in [0.25, 0.3) is 0 Å². The van der Waals surface area contributed by atoms with Crippen molar-refractivity contribution in [1.29, 1.82) is 0 Å². The maximum atomic E-state index is 8.00. The highest BCUT2D eigenvalue weighted by Crippen LogP contribution is 2.07. The SMILES string of the molecule is CN(C)c1ccccc1.[NH3+][O-]. The number of benzene rings is 1. The lowest BCUT2D eigenvalue weighted by molar-refractivity contribution is -0.275. The van der Waals surface area contributed by atoms with Crippen LogP contribution in [0, 0.1) is 5.21 Å². The minimum Gasteiger partial charge on any atom is -0.637 e. The molecule has 0 atom stereocenters. The molecule has 3 nitrogen and oxygen atoms in total. The smallest absolute Gasteiger partial charge is 0.0360 e. The van der Waals surface area contributed by atoms with E-state index >= 15 is 0 Å². The van der Waals surface area contributed by atoms with Crippen molar-refractivity contribution < 1.29 is 5.90 Å². The average molecular weight is 154 g/mol. The van der Waals surface area contributed by atoms with Crippen molar-refractivity contribution in [3.05, 3.63) is 35.5 Å². The molecule has 0 saturated carbocycles. The van der Waals surface area contributed by atoms with E-state index in [1.165, 1.54) is 5.69 Å². The molecule has 0 saturated heterocycles. The van der Waals surface area contributed by atoms with E-state index in [2.05, 4.69) is 17.0 Å². The van der Waals surface area contributed by atoms with Crippen molar-refractivity contribution in [2.75, 3.05) is 19.0 Å². The summed E-state index contributed by atoms with van der Waals surface area (Å²) in [6.45, 7) is 0. The predicted octanol–water partition coefficient (Wildman–Crippen LogP) is 0.479. The number of nitrogens with zero attached hydrogens (tertiary/aromatic N) is 1. The Kier molecular flexibility index (Phi) is 5.15. The standard InChI is InChI=1S/C8H11N.H3NO/c1-9(2)8-6-4-3-5-7-8;1-2/h3-7H,1-2H3;1H3. The first-order chi connectivity index (χ1) is 5.30. The predicted molar refractivity (Wildman–Crippen MR) is 47.0 cm³/mol. The summed E-state index contributed by atoms with van der Waals surface area (Å²) in [4.78, 5) is 2.08. The van der Waals surface area contributed by atoms with Crippen LogP contribution in [0.1, 0.15) is 0 Å². The van der Waals surface area contributed by atoms with E-state index in [9.17, 15) is 0 Å². The topological polar surface area (TPSA) is 53.9 Å². The number of hydrogen-bond donors (Lipinski definition) is 1. The van der Waals surface area contributed by atoms with Crippen molar-refractivity contribution in [2.45, 2.75) is 0 Å². The zero-order valence-electron chi connectivity index (χ0n) is 6.95. The molecule has 0 aliphatic heterocycles. The van der Waals surface area contributed by atoms with Crippen molar-refractivity contribution in [1.82, 2.24) is 0 Å². The van der Waals surface area contributed by atoms with Gasteiger partial charge in [-0.15, -0.1) is 0 Å². The van der Waals surface area contributed by atoms with Crippen LogP contribution in [0.15, 0.2) is 30.3 Å². The van der Waals surface area contributed by atoms with Crippen LogP contribution in [-0.2, 0) is 0 Å². The van der Waals surface area contributed by atoms with E-state index in [1.54, 1.807) is 0 Å². The molecule has 0 spiro atoms. The first kappa shape index (κ1) is 9.94. The molecule has 3 N–H and O–H groups in total. The summed E-state index contributed by atoms with van der Waals surface area (Å²) in [6, 6.07) is 10.3. The molecule has 0 amide bonds. The van der Waals surface area contributed by atoms with Gasteiger partial charge in [-0.2, -0.15) is 0 Å². The van der Waals surface area contributed by atoms with Crippen LogP contribution in [0.2, 0.25) is 0 Å². The minimum absolute atomic E-state index is 1.25. The third-order valence-electron chi connectivity index (χ3n) is 1.27. The maximum absolute atomic E-state index is 8.00. The van der Waals surface area contributed by atoms with Gasteiger partial charge in [0.15, 0.2) is 0 Å². The van der Waals surface area contributed by atoms with E-state index in [0.29, 0.717) is 0 Å². The highest BCUT2D eigenvalue weighted by molar-refractivity contribution is 5.43. The molecule has 11 heavy (non-hydrogen) atoms. The summed E-state index contributed by atoms with van der Waals surface area (Å²) in [5.41, 5.74) is 1.25. The zero-order valence-corrected chi connectivity index (χ0v) is 6.95. The number of anilines is 1. The van der Waals surface area contributed by atoms with Crippen LogP contribution >= 0.6 is 0 Å². The summed E-state index contributed by atoms with van der Waals surface area (Å²) in [6.07, 6.45) is 0. The van der Waals surface area contributed by atoms with Crippen molar-refractivity contribution in [2.24, 2.45) is 0 Å². The highest BCUT2D eigenvalue weighted by atomic mass is 16.4. The van der Waals surface area contributed by atoms with Crippen LogP contribution in [-0.4, -0.2) is 14.1 Å². The van der Waals surface area contributed by atoms with Gasteiger partial charge in [-0.05, 0) is 12.1 Å². The summed E-state index contributed by atoms with van der Waals surface area (Å²) >= 11 is 0. The van der Waals surface area contributed by atoms with Crippen LogP contribution in [0.5, 0.6) is 0 Å². The molecule has 1 aromatic rings. The normalized spacial score (nSPS) is 8.00. The molecule has 0 radical (unpaired) electrons. The highest BCUT2D eigenvalue weighted by Gasteiger charge is 1.87. The van der Waals surface area contributed by atoms with E-state index < -0.39 is 0 Å². The fourth-order valence-electron chi connectivity index (χ4n) is 0.726. The van der Waals surface area contributed by atoms with Gasteiger partial charge in [-0.1, -0.05) is 18.2 Å². The molecule has 0 aliphatic carbocycles. The maximum Gasteiger partial charge on any atom is 0.0360 e. The lowest BCUT2D eigenvalue weighted by Crippen LogP contribution is -2.37. The largest absolute Gasteiger partial charge is 0.637 e. The first-order valence-electron chi connectivity index (χ1n) is 3.32. The molecule has 1 rings (SSSR count). The Hall–Kier alpha value is -1.06. The Morgan fingerprint density at radius 1 is 1.09 bits per heavy atom. The van der Waals surface area contributed by atoms with Crippen LogP contribution in [0.3, 0.4) is 0 Å². The Morgan fingerprint density at radius 2 is 1.55 bits per heavy atom. The fraction of sp³-hybridized carbons (Fsp3) is 0.250. The van der Waals surface area contributed by atoms with Gasteiger partial charge in [0.1, 0.15) is 0 Å². The lowest BCUT2D eigenvalue weighted by atomic mass is 10.3. The van der Waals surface area contributed by atoms with Crippen LogP contribution < -0.4 is 10.8 Å². The first-order valence-corrected chi connectivity index (χ1v) is 3.32. The van der Waals surface area contributed by atoms with Gasteiger partial charge in [0, 0.05) is 19.8 Å². The number of rotatable bonds is 1.